The number of aromatic nitrogens is 3. The van der Waals surface area contributed by atoms with Crippen LogP contribution in [0.2, 0.25) is 0 Å². The molecular formula is C15H9Br2N5O4S. The molecule has 1 aromatic carbocycles. The summed E-state index contributed by atoms with van der Waals surface area (Å²) < 4.78 is 6.83. The first-order chi connectivity index (χ1) is 12.9. The molecule has 0 radical (unpaired) electrons. The first kappa shape index (κ1) is 19.5. The van der Waals surface area contributed by atoms with E-state index in [0.717, 1.165) is 16.2 Å². The molecule has 0 aliphatic heterocycles. The second-order valence-corrected chi connectivity index (χ2v) is 7.66. The first-order valence-corrected chi connectivity index (χ1v) is 9.82. The van der Waals surface area contributed by atoms with E-state index >= 15 is 0 Å². The minimum absolute atomic E-state index is 0.00268. The number of rotatable bonds is 6. The Hall–Kier alpha value is -2.31. The number of benzene rings is 1. The van der Waals surface area contributed by atoms with E-state index in [4.69, 9.17) is 4.42 Å². The standard InChI is InChI=1S/C15H9Br2N5O4S/c16-8-5-10(17)13(18-6-8)19-12(23)7-27-15-21-20-14(26-15)9-3-1-2-4-11(9)22(24)25/h1-6H,7H2,(H,18,19,23). The topological polar surface area (TPSA) is 124 Å². The van der Waals surface area contributed by atoms with Crippen LogP contribution in [0.1, 0.15) is 0 Å². The number of carbonyl (C=O) groups excluding carboxylic acids is 1. The number of halogens is 2. The lowest BCUT2D eigenvalue weighted by atomic mass is 10.2. The van der Waals surface area contributed by atoms with Gasteiger partial charge in [-0.15, -0.1) is 10.2 Å². The summed E-state index contributed by atoms with van der Waals surface area (Å²) >= 11 is 7.60. The maximum absolute atomic E-state index is 12.1. The Labute approximate surface area is 173 Å². The molecule has 0 fully saturated rings. The Morgan fingerprint density at radius 1 is 1.30 bits per heavy atom. The third kappa shape index (κ3) is 4.90. The maximum atomic E-state index is 12.1. The van der Waals surface area contributed by atoms with Crippen LogP contribution < -0.4 is 5.32 Å². The molecule has 0 bridgehead atoms. The van der Waals surface area contributed by atoms with Crippen LogP contribution in [0.15, 0.2) is 55.1 Å². The van der Waals surface area contributed by atoms with Crippen molar-refractivity contribution in [2.45, 2.75) is 5.22 Å². The van der Waals surface area contributed by atoms with Crippen molar-refractivity contribution in [3.05, 3.63) is 55.6 Å². The highest BCUT2D eigenvalue weighted by molar-refractivity contribution is 9.11. The van der Waals surface area contributed by atoms with Crippen molar-refractivity contribution in [1.82, 2.24) is 15.2 Å². The number of nitrogens with zero attached hydrogens (tertiary/aromatic N) is 4. The SMILES string of the molecule is O=C(CSc1nnc(-c2ccccc2[N+](=O)[O-])o1)Nc1ncc(Br)cc1Br. The van der Waals surface area contributed by atoms with Crippen molar-refractivity contribution in [3.8, 4) is 11.5 Å². The number of pyridine rings is 1. The minimum Gasteiger partial charge on any atom is -0.411 e. The van der Waals surface area contributed by atoms with Crippen molar-refractivity contribution in [3.63, 3.8) is 0 Å². The molecule has 138 valence electrons. The molecule has 3 aromatic rings. The summed E-state index contributed by atoms with van der Waals surface area (Å²) in [5, 5.41) is 21.5. The molecule has 0 saturated carbocycles. The van der Waals surface area contributed by atoms with Gasteiger partial charge in [0.2, 0.25) is 5.91 Å². The van der Waals surface area contributed by atoms with Gasteiger partial charge in [-0.05, 0) is 44.0 Å². The summed E-state index contributed by atoms with van der Waals surface area (Å²) in [5.74, 6) is 0.0846. The van der Waals surface area contributed by atoms with E-state index in [1.54, 1.807) is 24.4 Å². The van der Waals surface area contributed by atoms with Crippen molar-refractivity contribution >= 4 is 61.0 Å². The molecule has 12 heteroatoms. The van der Waals surface area contributed by atoms with Gasteiger partial charge in [0.05, 0.1) is 15.1 Å². The van der Waals surface area contributed by atoms with Crippen LogP contribution in [-0.4, -0.2) is 31.8 Å². The number of thioether (sulfide) groups is 1. The van der Waals surface area contributed by atoms with Gasteiger partial charge in [-0.25, -0.2) is 4.98 Å². The summed E-state index contributed by atoms with van der Waals surface area (Å²) in [5.41, 5.74) is 0.0795. The molecule has 1 amide bonds. The Morgan fingerprint density at radius 3 is 2.81 bits per heavy atom. The Balaban J connectivity index is 1.65. The van der Waals surface area contributed by atoms with Gasteiger partial charge < -0.3 is 9.73 Å². The van der Waals surface area contributed by atoms with Crippen molar-refractivity contribution in [1.29, 1.82) is 0 Å². The molecule has 0 aliphatic rings. The quantitative estimate of drug-likeness (QED) is 0.293. The minimum atomic E-state index is -0.525. The molecule has 3 rings (SSSR count). The summed E-state index contributed by atoms with van der Waals surface area (Å²) in [4.78, 5) is 26.7. The van der Waals surface area contributed by atoms with Crippen molar-refractivity contribution in [2.24, 2.45) is 0 Å². The third-order valence-electron chi connectivity index (χ3n) is 3.13. The number of carbonyl (C=O) groups is 1. The van der Waals surface area contributed by atoms with Crippen LogP contribution >= 0.6 is 43.6 Å². The maximum Gasteiger partial charge on any atom is 0.282 e. The van der Waals surface area contributed by atoms with Crippen LogP contribution in [0.5, 0.6) is 0 Å². The zero-order chi connectivity index (χ0) is 19.4. The van der Waals surface area contributed by atoms with Crippen LogP contribution in [0, 0.1) is 10.1 Å². The fraction of sp³-hybridized carbons (Fsp3) is 0.0667. The first-order valence-electron chi connectivity index (χ1n) is 7.25. The van der Waals surface area contributed by atoms with E-state index in [0.29, 0.717) is 10.3 Å². The Kier molecular flexibility index (Phi) is 6.19. The van der Waals surface area contributed by atoms with Gasteiger partial charge in [0.15, 0.2) is 0 Å². The second-order valence-electron chi connectivity index (χ2n) is 4.97. The van der Waals surface area contributed by atoms with Crippen molar-refractivity contribution < 1.29 is 14.1 Å². The average molecular weight is 515 g/mol. The van der Waals surface area contributed by atoms with E-state index in [-0.39, 0.29) is 34.0 Å². The van der Waals surface area contributed by atoms with E-state index in [9.17, 15) is 14.9 Å². The summed E-state index contributed by atoms with van der Waals surface area (Å²) in [6.07, 6.45) is 1.56. The van der Waals surface area contributed by atoms with Crippen LogP contribution in [0.3, 0.4) is 0 Å². The molecule has 0 saturated heterocycles. The normalized spacial score (nSPS) is 10.6. The number of amides is 1. The highest BCUT2D eigenvalue weighted by atomic mass is 79.9. The zero-order valence-electron chi connectivity index (χ0n) is 13.3. The molecule has 0 aliphatic carbocycles. The summed E-state index contributed by atoms with van der Waals surface area (Å²) in [6.45, 7) is 0. The predicted molar refractivity (Wildman–Crippen MR) is 105 cm³/mol. The van der Waals surface area contributed by atoms with E-state index in [1.807, 2.05) is 0 Å². The lowest BCUT2D eigenvalue weighted by molar-refractivity contribution is -0.384. The number of nitro groups is 1. The van der Waals surface area contributed by atoms with E-state index in [2.05, 4.69) is 52.4 Å². The number of para-hydroxylation sites is 1. The predicted octanol–water partition coefficient (Wildman–Crippen LogP) is 4.30. The number of hydrogen-bond donors (Lipinski definition) is 1. The van der Waals surface area contributed by atoms with Gasteiger partial charge in [0.25, 0.3) is 16.8 Å². The number of anilines is 1. The summed E-state index contributed by atoms with van der Waals surface area (Å²) in [6, 6.07) is 7.81. The van der Waals surface area contributed by atoms with E-state index in [1.165, 1.54) is 12.1 Å². The summed E-state index contributed by atoms with van der Waals surface area (Å²) in [7, 11) is 0. The Morgan fingerprint density at radius 2 is 2.07 bits per heavy atom. The van der Waals surface area contributed by atoms with Crippen LogP contribution in [-0.2, 0) is 4.79 Å². The monoisotopic (exact) mass is 513 g/mol. The number of hydrogen-bond acceptors (Lipinski definition) is 8. The second kappa shape index (κ2) is 8.59. The fourth-order valence-electron chi connectivity index (χ4n) is 1.99. The van der Waals surface area contributed by atoms with Gasteiger partial charge in [-0.1, -0.05) is 23.9 Å². The number of nitrogens with one attached hydrogen (secondary N) is 1. The molecule has 0 unspecified atom stereocenters. The van der Waals surface area contributed by atoms with Gasteiger partial charge in [-0.2, -0.15) is 0 Å². The smallest absolute Gasteiger partial charge is 0.282 e. The van der Waals surface area contributed by atoms with Crippen LogP contribution in [0.25, 0.3) is 11.5 Å². The highest BCUT2D eigenvalue weighted by Crippen LogP contribution is 2.30. The van der Waals surface area contributed by atoms with Gasteiger partial charge >= 0.3 is 0 Å². The molecule has 1 N–H and O–H groups in total. The largest absolute Gasteiger partial charge is 0.411 e. The van der Waals surface area contributed by atoms with E-state index < -0.39 is 4.92 Å². The molecule has 27 heavy (non-hydrogen) atoms. The molecular weight excluding hydrogens is 506 g/mol. The fourth-order valence-corrected chi connectivity index (χ4v) is 3.64. The highest BCUT2D eigenvalue weighted by Gasteiger charge is 2.20. The van der Waals surface area contributed by atoms with Gasteiger partial charge in [0, 0.05) is 16.7 Å². The molecule has 2 aromatic heterocycles. The molecule has 0 atom stereocenters. The van der Waals surface area contributed by atoms with Gasteiger partial charge in [0.1, 0.15) is 11.4 Å². The number of nitro benzene ring substituents is 1. The zero-order valence-corrected chi connectivity index (χ0v) is 17.2. The third-order valence-corrected chi connectivity index (χ3v) is 4.99. The molecule has 0 spiro atoms. The average Bonchev–Trinajstić information content (AvgIpc) is 3.11. The van der Waals surface area contributed by atoms with Crippen LogP contribution in [0.4, 0.5) is 11.5 Å². The lowest BCUT2D eigenvalue weighted by Gasteiger charge is -2.05. The Bertz CT molecular complexity index is 1010. The van der Waals surface area contributed by atoms with Crippen molar-refractivity contribution in [2.75, 3.05) is 11.1 Å². The molecule has 9 nitrogen and oxygen atoms in total. The molecule has 2 heterocycles. The lowest BCUT2D eigenvalue weighted by Crippen LogP contribution is -2.15. The van der Waals surface area contributed by atoms with Gasteiger partial charge in [-0.3, -0.25) is 14.9 Å².